The SMILES string of the molecule is C=C([I-]C)/C(=C\C(=C)c1ccccc1)c1ccccc1. The van der Waals surface area contributed by atoms with Gasteiger partial charge < -0.3 is 0 Å². The summed E-state index contributed by atoms with van der Waals surface area (Å²) in [6.45, 7) is 8.44. The van der Waals surface area contributed by atoms with Crippen LogP contribution in [0.2, 0.25) is 0 Å². The third-order valence-electron chi connectivity index (χ3n) is 3.07. The van der Waals surface area contributed by atoms with Crippen LogP contribution in [0.25, 0.3) is 11.1 Å². The van der Waals surface area contributed by atoms with E-state index in [-0.39, 0.29) is 21.2 Å². The molecule has 0 aliphatic heterocycles. The minimum absolute atomic E-state index is 0.0273. The molecule has 1 heteroatoms. The van der Waals surface area contributed by atoms with Crippen molar-refractivity contribution in [1.29, 1.82) is 0 Å². The molecule has 2 aromatic carbocycles. The first-order valence-corrected chi connectivity index (χ1v) is 9.66. The molecule has 0 spiro atoms. The fourth-order valence-corrected chi connectivity index (χ4v) is 3.00. The molecule has 2 rings (SSSR count). The molecule has 0 saturated carbocycles. The summed E-state index contributed by atoms with van der Waals surface area (Å²) in [6.07, 6.45) is 2.16. The first-order valence-electron chi connectivity index (χ1n) is 6.42. The Labute approximate surface area is 131 Å². The number of alkyl halides is 1. The standard InChI is InChI=1S/C19H18I/c1-15(17-10-6-4-7-11-17)14-19(16(2)20-3)18-12-8-5-9-13-18/h4-14H,1-2H2,3H3/q-1/b19-14+. The fourth-order valence-electron chi connectivity index (χ4n) is 1.95. The Kier molecular flexibility index (Phi) is 5.36. The van der Waals surface area contributed by atoms with E-state index in [1.165, 1.54) is 14.7 Å². The number of hydrogen-bond donors (Lipinski definition) is 0. The van der Waals surface area contributed by atoms with Crippen LogP contribution in [0.3, 0.4) is 0 Å². The van der Waals surface area contributed by atoms with E-state index in [2.05, 4.69) is 60.6 Å². The maximum absolute atomic E-state index is 4.24. The van der Waals surface area contributed by atoms with Crippen LogP contribution in [0, 0.1) is 0 Å². The van der Waals surface area contributed by atoms with E-state index < -0.39 is 0 Å². The van der Waals surface area contributed by atoms with E-state index in [9.17, 15) is 0 Å². The molecule has 0 unspecified atom stereocenters. The predicted molar refractivity (Wildman–Crippen MR) is 85.0 cm³/mol. The van der Waals surface area contributed by atoms with E-state index in [0.29, 0.717) is 0 Å². The molecule has 0 aliphatic carbocycles. The molecule has 0 atom stereocenters. The Morgan fingerprint density at radius 2 is 1.35 bits per heavy atom. The van der Waals surface area contributed by atoms with Crippen molar-refractivity contribution < 1.29 is 21.2 Å². The van der Waals surface area contributed by atoms with Crippen LogP contribution in [-0.4, -0.2) is 4.93 Å². The fraction of sp³-hybridized carbons (Fsp3) is 0.0526. The van der Waals surface area contributed by atoms with Gasteiger partial charge in [0.05, 0.1) is 0 Å². The minimum atomic E-state index is -0.0273. The summed E-state index contributed by atoms with van der Waals surface area (Å²) in [6, 6.07) is 20.7. The van der Waals surface area contributed by atoms with Gasteiger partial charge in [-0.25, -0.2) is 0 Å². The van der Waals surface area contributed by atoms with E-state index in [1.54, 1.807) is 0 Å². The maximum atomic E-state index is 4.24. The zero-order valence-electron chi connectivity index (χ0n) is 11.6. The molecule has 20 heavy (non-hydrogen) atoms. The van der Waals surface area contributed by atoms with Gasteiger partial charge in [0, 0.05) is 0 Å². The average molecular weight is 373 g/mol. The number of hydrogen-bond acceptors (Lipinski definition) is 0. The summed E-state index contributed by atoms with van der Waals surface area (Å²) >= 11 is -0.0273. The molecule has 0 bridgehead atoms. The zero-order valence-corrected chi connectivity index (χ0v) is 13.8. The molecule has 0 N–H and O–H groups in total. The van der Waals surface area contributed by atoms with Gasteiger partial charge in [-0.3, -0.25) is 0 Å². The molecule has 0 saturated heterocycles. The van der Waals surface area contributed by atoms with Gasteiger partial charge in [0.15, 0.2) is 0 Å². The topological polar surface area (TPSA) is 0 Å². The van der Waals surface area contributed by atoms with Crippen molar-refractivity contribution in [3.63, 3.8) is 0 Å². The summed E-state index contributed by atoms with van der Waals surface area (Å²) in [4.78, 5) is 2.24. The predicted octanol–water partition coefficient (Wildman–Crippen LogP) is 2.02. The number of benzene rings is 2. The Bertz CT molecular complexity index is 621. The summed E-state index contributed by atoms with van der Waals surface area (Å²) in [7, 11) is 0. The van der Waals surface area contributed by atoms with Crippen molar-refractivity contribution in [3.8, 4) is 0 Å². The summed E-state index contributed by atoms with van der Waals surface area (Å²) in [5, 5.41) is 0. The second kappa shape index (κ2) is 7.25. The molecule has 0 radical (unpaired) electrons. The van der Waals surface area contributed by atoms with E-state index in [1.807, 2.05) is 24.3 Å². The van der Waals surface area contributed by atoms with Crippen molar-refractivity contribution in [2.24, 2.45) is 0 Å². The first-order chi connectivity index (χ1) is 9.72. The zero-order chi connectivity index (χ0) is 14.4. The second-order valence-corrected chi connectivity index (χ2v) is 6.79. The Morgan fingerprint density at radius 3 is 1.85 bits per heavy atom. The first kappa shape index (κ1) is 14.8. The van der Waals surface area contributed by atoms with Crippen LogP contribution in [0.1, 0.15) is 11.1 Å². The molecule has 2 aromatic rings. The molecule has 102 valence electrons. The van der Waals surface area contributed by atoms with Crippen LogP contribution < -0.4 is 21.2 Å². The Hall–Kier alpha value is -1.61. The van der Waals surface area contributed by atoms with Crippen LogP contribution in [0.15, 0.2) is 83.5 Å². The number of halogens is 1. The monoisotopic (exact) mass is 373 g/mol. The molecular formula is C19H18I-. The van der Waals surface area contributed by atoms with Gasteiger partial charge in [0.1, 0.15) is 0 Å². The molecule has 0 aliphatic rings. The number of allylic oxidation sites excluding steroid dienone is 4. The van der Waals surface area contributed by atoms with E-state index in [0.717, 1.165) is 11.1 Å². The normalized spacial score (nSPS) is 11.3. The Balaban J connectivity index is 2.40. The molecule has 0 amide bonds. The third-order valence-corrected chi connectivity index (χ3v) is 4.95. The Morgan fingerprint density at radius 1 is 0.850 bits per heavy atom. The summed E-state index contributed by atoms with van der Waals surface area (Å²) in [5.74, 6) is 0. The van der Waals surface area contributed by atoms with Crippen molar-refractivity contribution in [2.75, 3.05) is 4.93 Å². The van der Waals surface area contributed by atoms with Crippen molar-refractivity contribution in [3.05, 3.63) is 94.6 Å². The van der Waals surface area contributed by atoms with Crippen LogP contribution >= 0.6 is 0 Å². The van der Waals surface area contributed by atoms with E-state index in [4.69, 9.17) is 0 Å². The second-order valence-electron chi connectivity index (χ2n) is 4.41. The molecule has 0 aromatic heterocycles. The average Bonchev–Trinajstić information content (AvgIpc) is 2.53. The van der Waals surface area contributed by atoms with Gasteiger partial charge in [-0.15, -0.1) is 0 Å². The summed E-state index contributed by atoms with van der Waals surface area (Å²) < 4.78 is 1.24. The van der Waals surface area contributed by atoms with E-state index >= 15 is 0 Å². The number of rotatable bonds is 5. The van der Waals surface area contributed by atoms with Crippen LogP contribution in [-0.2, 0) is 0 Å². The third kappa shape index (κ3) is 3.70. The molecule has 0 fully saturated rings. The van der Waals surface area contributed by atoms with Crippen molar-refractivity contribution in [1.82, 2.24) is 0 Å². The van der Waals surface area contributed by atoms with Crippen LogP contribution in [0.4, 0.5) is 0 Å². The van der Waals surface area contributed by atoms with Crippen molar-refractivity contribution >= 4 is 11.1 Å². The van der Waals surface area contributed by atoms with Gasteiger partial charge in [-0.05, 0) is 0 Å². The van der Waals surface area contributed by atoms with Gasteiger partial charge in [-0.2, -0.15) is 0 Å². The molecule has 0 heterocycles. The van der Waals surface area contributed by atoms with Gasteiger partial charge in [-0.1, -0.05) is 0 Å². The quantitative estimate of drug-likeness (QED) is 0.428. The van der Waals surface area contributed by atoms with Gasteiger partial charge in [0.25, 0.3) is 0 Å². The van der Waals surface area contributed by atoms with Crippen molar-refractivity contribution in [2.45, 2.75) is 0 Å². The summed E-state index contributed by atoms with van der Waals surface area (Å²) in [5.41, 5.74) is 4.62. The molecular weight excluding hydrogens is 355 g/mol. The molecule has 0 nitrogen and oxygen atoms in total. The van der Waals surface area contributed by atoms with Gasteiger partial charge >= 0.3 is 132 Å². The van der Waals surface area contributed by atoms with Gasteiger partial charge in [0.2, 0.25) is 0 Å². The van der Waals surface area contributed by atoms with Crippen LogP contribution in [0.5, 0.6) is 0 Å².